The van der Waals surface area contributed by atoms with E-state index in [0.717, 1.165) is 0 Å². The van der Waals surface area contributed by atoms with E-state index in [0.29, 0.717) is 11.2 Å². The molecule has 10 nitrogen and oxygen atoms in total. The van der Waals surface area contributed by atoms with E-state index in [1.807, 2.05) is 0 Å². The maximum absolute atomic E-state index is 11.1. The number of aliphatic hydroxyl groups excluding tert-OH is 2. The molecular formula is C10H12Cl2N5O5P. The Kier molecular flexibility index (Phi) is 4.49. The Morgan fingerprint density at radius 3 is 2.78 bits per heavy atom. The van der Waals surface area contributed by atoms with Gasteiger partial charge in [0, 0.05) is 0 Å². The van der Waals surface area contributed by atoms with E-state index in [9.17, 15) is 14.8 Å². The van der Waals surface area contributed by atoms with Crippen LogP contribution in [0.2, 0.25) is 0 Å². The van der Waals surface area contributed by atoms with E-state index >= 15 is 0 Å². The Balaban J connectivity index is 1.85. The zero-order valence-corrected chi connectivity index (χ0v) is 13.8. The van der Waals surface area contributed by atoms with Crippen molar-refractivity contribution in [3.8, 4) is 0 Å². The van der Waals surface area contributed by atoms with E-state index in [1.165, 1.54) is 17.2 Å². The zero-order chi connectivity index (χ0) is 16.8. The third-order valence-electron chi connectivity index (χ3n) is 3.39. The van der Waals surface area contributed by atoms with Gasteiger partial charge < -0.3 is 25.2 Å². The predicted molar refractivity (Wildman–Crippen MR) is 80.9 cm³/mol. The number of nitrogens with zero attached hydrogens (tertiary/aromatic N) is 4. The van der Waals surface area contributed by atoms with Crippen LogP contribution in [0, 0.1) is 0 Å². The lowest BCUT2D eigenvalue weighted by Crippen LogP contribution is -2.33. The van der Waals surface area contributed by atoms with Crippen LogP contribution in [0.3, 0.4) is 0 Å². The molecule has 1 fully saturated rings. The molecule has 4 atom stereocenters. The Hall–Kier alpha value is -1.00. The summed E-state index contributed by atoms with van der Waals surface area (Å²) in [4.78, 5) is 11.9. The molecule has 1 aliphatic rings. The highest BCUT2D eigenvalue weighted by atomic mass is 35.9. The Labute approximate surface area is 139 Å². The first-order valence-electron chi connectivity index (χ1n) is 6.36. The summed E-state index contributed by atoms with van der Waals surface area (Å²) in [5, 5.41) is 20.2. The van der Waals surface area contributed by atoms with Gasteiger partial charge in [-0.25, -0.2) is 15.0 Å². The highest BCUT2D eigenvalue weighted by Crippen LogP contribution is 2.57. The number of aliphatic hydroxyl groups is 2. The van der Waals surface area contributed by atoms with Gasteiger partial charge in [0.2, 0.25) is 0 Å². The summed E-state index contributed by atoms with van der Waals surface area (Å²) in [7, 11) is 0. The summed E-state index contributed by atoms with van der Waals surface area (Å²) >= 11 is 10.6. The molecule has 3 heterocycles. The minimum atomic E-state index is -3.77. The normalized spacial score (nSPS) is 28.5. The first kappa shape index (κ1) is 16.8. The summed E-state index contributed by atoms with van der Waals surface area (Å²) in [6, 6.07) is 0. The van der Waals surface area contributed by atoms with Gasteiger partial charge in [-0.2, -0.15) is 0 Å². The van der Waals surface area contributed by atoms with Crippen LogP contribution in [-0.4, -0.2) is 54.7 Å². The molecule has 3 rings (SSSR count). The van der Waals surface area contributed by atoms with Crippen molar-refractivity contribution in [3.63, 3.8) is 0 Å². The molecule has 0 spiro atoms. The Morgan fingerprint density at radius 2 is 2.09 bits per heavy atom. The fourth-order valence-electron chi connectivity index (χ4n) is 2.31. The van der Waals surface area contributed by atoms with Crippen LogP contribution < -0.4 is 5.73 Å². The zero-order valence-electron chi connectivity index (χ0n) is 11.4. The smallest absolute Gasteiger partial charge is 0.380 e. The second-order valence-corrected chi connectivity index (χ2v) is 9.12. The van der Waals surface area contributed by atoms with Gasteiger partial charge in [0.05, 0.1) is 12.9 Å². The first-order chi connectivity index (χ1) is 10.8. The fourth-order valence-corrected chi connectivity index (χ4v) is 2.97. The van der Waals surface area contributed by atoms with Crippen LogP contribution in [-0.2, 0) is 13.8 Å². The molecule has 2 aromatic heterocycles. The van der Waals surface area contributed by atoms with Crippen molar-refractivity contribution in [1.82, 2.24) is 19.5 Å². The molecule has 0 bridgehead atoms. The van der Waals surface area contributed by atoms with Crippen molar-refractivity contribution in [2.45, 2.75) is 24.5 Å². The lowest BCUT2D eigenvalue weighted by molar-refractivity contribution is -0.0465. The number of hydrogen-bond acceptors (Lipinski definition) is 9. The van der Waals surface area contributed by atoms with E-state index in [1.54, 1.807) is 0 Å². The SMILES string of the molecule is Nc1ncnc2c1ncn2[C@@H]1O[C@H](COP(=O)(Cl)Cl)C(O)C1O. The third kappa shape index (κ3) is 3.29. The molecule has 0 aromatic carbocycles. The summed E-state index contributed by atoms with van der Waals surface area (Å²) in [6.07, 6.45) is -5.78. The average molecular weight is 384 g/mol. The molecule has 0 amide bonds. The number of nitrogens with two attached hydrogens (primary N) is 1. The van der Waals surface area contributed by atoms with Gasteiger partial charge >= 0.3 is 6.07 Å². The maximum Gasteiger partial charge on any atom is 0.380 e. The van der Waals surface area contributed by atoms with Crippen molar-refractivity contribution < 1.29 is 24.0 Å². The van der Waals surface area contributed by atoms with Crippen LogP contribution in [0.4, 0.5) is 5.82 Å². The standard InChI is InChI=1S/C10H12Cl2N5O5P/c11-23(12,20)21-1-4-6(18)7(19)10(22-4)17-3-16-5-8(13)14-2-15-9(5)17/h2-4,6-7,10,18-19H,1H2,(H2,13,14,15)/t4-,6?,7?,10-/m1/s1. The lowest BCUT2D eigenvalue weighted by Gasteiger charge is -2.16. The van der Waals surface area contributed by atoms with Gasteiger partial charge in [-0.1, -0.05) is 0 Å². The number of nitrogen functional groups attached to an aromatic ring is 1. The summed E-state index contributed by atoms with van der Waals surface area (Å²) in [5.41, 5.74) is 6.36. The number of aromatic nitrogens is 4. The minimum absolute atomic E-state index is 0.173. The number of hydrogen-bond donors (Lipinski definition) is 3. The van der Waals surface area contributed by atoms with Gasteiger partial charge in [0.25, 0.3) is 0 Å². The van der Waals surface area contributed by atoms with Crippen molar-refractivity contribution in [1.29, 1.82) is 0 Å². The predicted octanol–water partition coefficient (Wildman–Crippen LogP) is 0.630. The number of fused-ring (bicyclic) bond motifs is 1. The molecule has 4 N–H and O–H groups in total. The van der Waals surface area contributed by atoms with Crippen LogP contribution >= 0.6 is 28.6 Å². The number of imidazole rings is 1. The van der Waals surface area contributed by atoms with E-state index in [4.69, 9.17) is 37.5 Å². The van der Waals surface area contributed by atoms with Crippen LogP contribution in [0.25, 0.3) is 11.2 Å². The van der Waals surface area contributed by atoms with Gasteiger partial charge in [-0.05, 0) is 22.5 Å². The fraction of sp³-hybridized carbons (Fsp3) is 0.500. The van der Waals surface area contributed by atoms with E-state index < -0.39 is 30.6 Å². The minimum Gasteiger partial charge on any atom is -0.387 e. The van der Waals surface area contributed by atoms with E-state index in [2.05, 4.69) is 15.0 Å². The second-order valence-electron chi connectivity index (χ2n) is 4.84. The van der Waals surface area contributed by atoms with Crippen LogP contribution in [0.5, 0.6) is 0 Å². The molecule has 0 saturated carbocycles. The maximum atomic E-state index is 11.1. The monoisotopic (exact) mass is 383 g/mol. The Bertz CT molecular complexity index is 769. The summed E-state index contributed by atoms with van der Waals surface area (Å²) in [5.74, 6) is 0.173. The molecule has 1 saturated heterocycles. The highest BCUT2D eigenvalue weighted by Gasteiger charge is 2.45. The van der Waals surface area contributed by atoms with Crippen molar-refractivity contribution in [3.05, 3.63) is 12.7 Å². The summed E-state index contributed by atoms with van der Waals surface area (Å²) < 4.78 is 22.8. The third-order valence-corrected chi connectivity index (χ3v) is 4.42. The van der Waals surface area contributed by atoms with Crippen molar-refractivity contribution in [2.75, 3.05) is 12.3 Å². The molecule has 1 aliphatic heterocycles. The quantitative estimate of drug-likeness (QED) is 0.646. The molecule has 0 aliphatic carbocycles. The van der Waals surface area contributed by atoms with Gasteiger partial charge in [0.15, 0.2) is 17.7 Å². The van der Waals surface area contributed by atoms with Gasteiger partial charge in [-0.3, -0.25) is 9.13 Å². The molecular weight excluding hydrogens is 372 g/mol. The number of ether oxygens (including phenoxy) is 1. The van der Waals surface area contributed by atoms with E-state index in [-0.39, 0.29) is 12.4 Å². The Morgan fingerprint density at radius 1 is 1.35 bits per heavy atom. The van der Waals surface area contributed by atoms with Crippen molar-refractivity contribution in [2.24, 2.45) is 0 Å². The highest BCUT2D eigenvalue weighted by molar-refractivity contribution is 8.05. The largest absolute Gasteiger partial charge is 0.387 e. The topological polar surface area (TPSA) is 146 Å². The molecule has 2 aromatic rings. The summed E-state index contributed by atoms with van der Waals surface area (Å²) in [6.45, 7) is -0.358. The number of rotatable bonds is 4. The number of halogens is 2. The second kappa shape index (κ2) is 6.14. The van der Waals surface area contributed by atoms with Gasteiger partial charge in [-0.15, -0.1) is 0 Å². The molecule has 13 heteroatoms. The average Bonchev–Trinajstić information content (AvgIpc) is 3.01. The molecule has 0 radical (unpaired) electrons. The van der Waals surface area contributed by atoms with Crippen LogP contribution in [0.1, 0.15) is 6.23 Å². The van der Waals surface area contributed by atoms with Gasteiger partial charge in [0.1, 0.15) is 30.2 Å². The molecule has 126 valence electrons. The molecule has 2 unspecified atom stereocenters. The lowest BCUT2D eigenvalue weighted by atomic mass is 10.1. The first-order valence-corrected chi connectivity index (χ1v) is 9.80. The van der Waals surface area contributed by atoms with Crippen LogP contribution in [0.15, 0.2) is 12.7 Å². The molecule has 23 heavy (non-hydrogen) atoms. The number of anilines is 1. The van der Waals surface area contributed by atoms with Crippen molar-refractivity contribution >= 4 is 45.5 Å².